The predicted molar refractivity (Wildman–Crippen MR) is 135 cm³/mol. The maximum atomic E-state index is 12.4. The SMILES string of the molecule is CNc1nc2c(CCNCC3CCCCCC3)c3nc(N)[nH]c(=O)c3cc2[nH]1.Cl.Cl.Cl. The highest BCUT2D eigenvalue weighted by Gasteiger charge is 2.16. The van der Waals surface area contributed by atoms with Gasteiger partial charge in [-0.25, -0.2) is 9.97 Å². The number of aromatic amines is 2. The first-order valence-electron chi connectivity index (χ1n) is 10.2. The van der Waals surface area contributed by atoms with E-state index in [9.17, 15) is 4.79 Å². The number of halogens is 3. The fourth-order valence-electron chi connectivity index (χ4n) is 4.28. The van der Waals surface area contributed by atoms with E-state index in [-0.39, 0.29) is 48.7 Å². The number of benzene rings is 1. The number of rotatable bonds is 6. The fourth-order valence-corrected chi connectivity index (χ4v) is 4.28. The summed E-state index contributed by atoms with van der Waals surface area (Å²) in [7, 11) is 1.81. The second-order valence-corrected chi connectivity index (χ2v) is 7.75. The average molecular weight is 493 g/mol. The van der Waals surface area contributed by atoms with Crippen molar-refractivity contribution in [3.05, 3.63) is 22.0 Å². The van der Waals surface area contributed by atoms with Gasteiger partial charge in [-0.1, -0.05) is 25.7 Å². The number of hydrogen-bond acceptors (Lipinski definition) is 6. The first kappa shape index (κ1) is 27.3. The molecule has 0 unspecified atom stereocenters. The van der Waals surface area contributed by atoms with Crippen LogP contribution in [0, 0.1) is 5.92 Å². The van der Waals surface area contributed by atoms with Crippen LogP contribution in [0.5, 0.6) is 0 Å². The molecule has 0 saturated heterocycles. The molecule has 3 aromatic rings. The van der Waals surface area contributed by atoms with Crippen LogP contribution in [0.25, 0.3) is 21.9 Å². The third-order valence-electron chi connectivity index (χ3n) is 5.76. The second-order valence-electron chi connectivity index (χ2n) is 7.75. The molecular formula is C20H32Cl3N7O. The van der Waals surface area contributed by atoms with Gasteiger partial charge in [0.05, 0.1) is 21.9 Å². The minimum atomic E-state index is -0.224. The van der Waals surface area contributed by atoms with E-state index in [1.54, 1.807) is 6.07 Å². The van der Waals surface area contributed by atoms with E-state index in [0.717, 1.165) is 42.0 Å². The molecule has 1 fully saturated rings. The Morgan fingerprint density at radius 2 is 1.77 bits per heavy atom. The Hall–Kier alpha value is -1.74. The molecule has 11 heteroatoms. The largest absolute Gasteiger partial charge is 0.369 e. The number of fused-ring (bicyclic) bond motifs is 2. The zero-order valence-electron chi connectivity index (χ0n) is 17.6. The highest BCUT2D eigenvalue weighted by atomic mass is 35.5. The Labute approximate surface area is 200 Å². The topological polar surface area (TPSA) is 125 Å². The van der Waals surface area contributed by atoms with Gasteiger partial charge in [-0.05, 0) is 44.3 Å². The van der Waals surface area contributed by atoms with Crippen molar-refractivity contribution in [2.75, 3.05) is 31.2 Å². The molecule has 31 heavy (non-hydrogen) atoms. The Morgan fingerprint density at radius 1 is 1.06 bits per heavy atom. The van der Waals surface area contributed by atoms with Crippen LogP contribution in [0.15, 0.2) is 10.9 Å². The van der Waals surface area contributed by atoms with Gasteiger partial charge in [0.1, 0.15) is 0 Å². The van der Waals surface area contributed by atoms with E-state index >= 15 is 0 Å². The van der Waals surface area contributed by atoms with Crippen molar-refractivity contribution in [3.63, 3.8) is 0 Å². The summed E-state index contributed by atoms with van der Waals surface area (Å²) in [5, 5.41) is 7.17. The van der Waals surface area contributed by atoms with Crippen molar-refractivity contribution in [1.82, 2.24) is 25.3 Å². The zero-order chi connectivity index (χ0) is 19.5. The number of H-pyrrole nitrogens is 2. The molecule has 6 N–H and O–H groups in total. The molecule has 0 aliphatic heterocycles. The van der Waals surface area contributed by atoms with Crippen LogP contribution < -0.4 is 21.9 Å². The Morgan fingerprint density at radius 3 is 2.45 bits per heavy atom. The summed E-state index contributed by atoms with van der Waals surface area (Å²) in [6, 6.07) is 1.80. The van der Waals surface area contributed by atoms with Crippen LogP contribution in [0.3, 0.4) is 0 Å². The molecule has 1 aromatic carbocycles. The van der Waals surface area contributed by atoms with Crippen LogP contribution >= 0.6 is 37.2 Å². The highest BCUT2D eigenvalue weighted by molar-refractivity contribution is 5.98. The van der Waals surface area contributed by atoms with Crippen LogP contribution in [-0.2, 0) is 6.42 Å². The van der Waals surface area contributed by atoms with Gasteiger partial charge in [0.25, 0.3) is 5.56 Å². The van der Waals surface area contributed by atoms with Crippen molar-refractivity contribution in [3.8, 4) is 0 Å². The summed E-state index contributed by atoms with van der Waals surface area (Å²) >= 11 is 0. The summed E-state index contributed by atoms with van der Waals surface area (Å²) in [5.41, 5.74) is 8.85. The maximum absolute atomic E-state index is 12.4. The molecule has 4 rings (SSSR count). The maximum Gasteiger partial charge on any atom is 0.260 e. The van der Waals surface area contributed by atoms with Crippen LogP contribution in [0.1, 0.15) is 44.1 Å². The lowest BCUT2D eigenvalue weighted by atomic mass is 10.0. The van der Waals surface area contributed by atoms with Crippen LogP contribution in [-0.4, -0.2) is 40.1 Å². The lowest BCUT2D eigenvalue weighted by Gasteiger charge is -2.15. The van der Waals surface area contributed by atoms with Gasteiger partial charge in [-0.3, -0.25) is 9.78 Å². The molecule has 0 bridgehead atoms. The van der Waals surface area contributed by atoms with Gasteiger partial charge in [0, 0.05) is 12.6 Å². The second kappa shape index (κ2) is 12.3. The first-order chi connectivity index (χ1) is 13.7. The van der Waals surface area contributed by atoms with E-state index in [1.807, 2.05) is 7.05 Å². The number of nitrogens with two attached hydrogens (primary N) is 1. The van der Waals surface area contributed by atoms with E-state index in [4.69, 9.17) is 5.73 Å². The molecule has 2 heterocycles. The normalized spacial score (nSPS) is 14.4. The summed E-state index contributed by atoms with van der Waals surface area (Å²) in [4.78, 5) is 27.3. The number of imidazole rings is 1. The number of anilines is 2. The molecule has 0 spiro atoms. The van der Waals surface area contributed by atoms with E-state index < -0.39 is 0 Å². The number of hydrogen-bond donors (Lipinski definition) is 5. The molecule has 8 nitrogen and oxygen atoms in total. The van der Waals surface area contributed by atoms with Gasteiger partial charge in [-0.15, -0.1) is 37.2 Å². The Balaban J connectivity index is 0.00000160. The van der Waals surface area contributed by atoms with E-state index in [1.165, 1.54) is 38.5 Å². The van der Waals surface area contributed by atoms with Gasteiger partial charge < -0.3 is 21.4 Å². The summed E-state index contributed by atoms with van der Waals surface area (Å²) in [5.74, 6) is 1.57. The van der Waals surface area contributed by atoms with Gasteiger partial charge >= 0.3 is 0 Å². The van der Waals surface area contributed by atoms with E-state index in [2.05, 4.69) is 30.6 Å². The molecule has 2 aromatic heterocycles. The van der Waals surface area contributed by atoms with Crippen molar-refractivity contribution in [2.45, 2.75) is 44.9 Å². The quantitative estimate of drug-likeness (QED) is 0.263. The number of nitrogen functional groups attached to an aromatic ring is 1. The van der Waals surface area contributed by atoms with Crippen molar-refractivity contribution < 1.29 is 0 Å². The third-order valence-corrected chi connectivity index (χ3v) is 5.76. The van der Waals surface area contributed by atoms with Crippen LogP contribution in [0.4, 0.5) is 11.9 Å². The lowest BCUT2D eigenvalue weighted by Crippen LogP contribution is -2.25. The summed E-state index contributed by atoms with van der Waals surface area (Å²) < 4.78 is 0. The summed E-state index contributed by atoms with van der Waals surface area (Å²) in [6.45, 7) is 1.87. The number of nitrogens with one attached hydrogen (secondary N) is 4. The molecule has 1 aliphatic rings. The van der Waals surface area contributed by atoms with Crippen molar-refractivity contribution >= 4 is 71.1 Å². The van der Waals surface area contributed by atoms with Crippen molar-refractivity contribution in [1.29, 1.82) is 0 Å². The minimum Gasteiger partial charge on any atom is -0.369 e. The molecule has 0 radical (unpaired) electrons. The van der Waals surface area contributed by atoms with Crippen LogP contribution in [0.2, 0.25) is 0 Å². The number of aromatic nitrogens is 4. The number of nitrogens with zero attached hydrogens (tertiary/aromatic N) is 2. The standard InChI is InChI=1S/C20H29N7O.3ClH/c1-22-20-24-15-10-14-16(25-19(21)27-18(14)28)13(17(15)26-20)8-9-23-11-12-6-4-2-3-5-7-12;;;/h10,12,23H,2-9,11H2,1H3,(H2,22,24,26)(H3,21,25,27,28);3*1H. The summed E-state index contributed by atoms with van der Waals surface area (Å²) in [6.07, 6.45) is 8.83. The monoisotopic (exact) mass is 491 g/mol. The molecule has 0 atom stereocenters. The molecule has 1 aliphatic carbocycles. The fraction of sp³-hybridized carbons (Fsp3) is 0.550. The zero-order valence-corrected chi connectivity index (χ0v) is 20.1. The molecule has 0 amide bonds. The molecule has 1 saturated carbocycles. The lowest BCUT2D eigenvalue weighted by molar-refractivity contribution is 0.427. The minimum absolute atomic E-state index is 0. The molecular weight excluding hydrogens is 461 g/mol. The third kappa shape index (κ3) is 6.16. The van der Waals surface area contributed by atoms with Gasteiger partial charge in [0.2, 0.25) is 11.9 Å². The average Bonchev–Trinajstić information content (AvgIpc) is 2.92. The first-order valence-corrected chi connectivity index (χ1v) is 10.2. The van der Waals surface area contributed by atoms with Gasteiger partial charge in [0.15, 0.2) is 0 Å². The highest BCUT2D eigenvalue weighted by Crippen LogP contribution is 2.26. The Kier molecular flexibility index (Phi) is 10.9. The van der Waals surface area contributed by atoms with Gasteiger partial charge in [-0.2, -0.15) is 0 Å². The smallest absolute Gasteiger partial charge is 0.260 e. The van der Waals surface area contributed by atoms with E-state index in [0.29, 0.717) is 16.9 Å². The molecule has 174 valence electrons. The Bertz CT molecular complexity index is 1030. The predicted octanol–water partition coefficient (Wildman–Crippen LogP) is 3.79. The van der Waals surface area contributed by atoms with Crippen molar-refractivity contribution in [2.24, 2.45) is 5.92 Å².